The van der Waals surface area contributed by atoms with Crippen LogP contribution < -0.4 is 0 Å². The molecule has 31 heavy (non-hydrogen) atoms. The molecule has 4 heterocycles. The number of hydrogen-bond donors (Lipinski definition) is 0. The number of piperazine rings is 1. The highest BCUT2D eigenvalue weighted by molar-refractivity contribution is 5.94. The minimum atomic E-state index is -0.513. The predicted molar refractivity (Wildman–Crippen MR) is 112 cm³/mol. The van der Waals surface area contributed by atoms with Gasteiger partial charge in [0.25, 0.3) is 5.91 Å². The van der Waals surface area contributed by atoms with Crippen molar-refractivity contribution in [2.45, 2.75) is 31.7 Å². The molecule has 3 atom stereocenters. The third kappa shape index (κ3) is 3.77. The maximum atomic E-state index is 14.0. The summed E-state index contributed by atoms with van der Waals surface area (Å²) in [7, 11) is 0. The van der Waals surface area contributed by atoms with E-state index in [-0.39, 0.29) is 29.5 Å². The molecule has 0 aromatic heterocycles. The van der Waals surface area contributed by atoms with E-state index in [4.69, 9.17) is 0 Å². The maximum Gasteiger partial charge on any atom is 0.320 e. The largest absolute Gasteiger partial charge is 0.339 e. The number of carbonyl (C=O) groups excluding carboxylic acids is 3. The van der Waals surface area contributed by atoms with Crippen LogP contribution in [0.15, 0.2) is 24.3 Å². The van der Waals surface area contributed by atoms with Crippen LogP contribution in [0.1, 0.15) is 36.0 Å². The van der Waals surface area contributed by atoms with Crippen LogP contribution in [0, 0.1) is 17.7 Å². The molecule has 2 bridgehead atoms. The summed E-state index contributed by atoms with van der Waals surface area (Å²) in [6.45, 7) is 3.90. The Morgan fingerprint density at radius 3 is 2.45 bits per heavy atom. The Hall–Kier alpha value is -2.64. The molecule has 7 nitrogen and oxygen atoms in total. The minimum Gasteiger partial charge on any atom is -0.339 e. The molecule has 0 radical (unpaired) electrons. The summed E-state index contributed by atoms with van der Waals surface area (Å²) in [6.07, 6.45) is 3.76. The molecule has 0 aliphatic carbocycles. The molecule has 4 aliphatic heterocycles. The van der Waals surface area contributed by atoms with E-state index in [2.05, 4.69) is 4.90 Å². The maximum absolute atomic E-state index is 14.0. The van der Waals surface area contributed by atoms with Crippen molar-refractivity contribution in [3.63, 3.8) is 0 Å². The van der Waals surface area contributed by atoms with E-state index in [0.717, 1.165) is 25.8 Å². The number of halogens is 1. The summed E-state index contributed by atoms with van der Waals surface area (Å²) < 4.78 is 14.0. The lowest BCUT2D eigenvalue weighted by Gasteiger charge is -2.53. The van der Waals surface area contributed by atoms with Crippen molar-refractivity contribution < 1.29 is 18.8 Å². The first-order chi connectivity index (χ1) is 15.0. The van der Waals surface area contributed by atoms with E-state index in [1.807, 2.05) is 9.80 Å². The summed E-state index contributed by atoms with van der Waals surface area (Å²) in [5.41, 5.74) is 0.0812. The van der Waals surface area contributed by atoms with Gasteiger partial charge in [-0.2, -0.15) is 0 Å². The molecule has 0 N–H and O–H groups in total. The van der Waals surface area contributed by atoms with Crippen LogP contribution >= 0.6 is 0 Å². The van der Waals surface area contributed by atoms with Gasteiger partial charge in [0.2, 0.25) is 5.91 Å². The molecule has 1 aromatic rings. The highest BCUT2D eigenvalue weighted by atomic mass is 19.1. The van der Waals surface area contributed by atoms with Gasteiger partial charge in [0.1, 0.15) is 5.82 Å². The average molecular weight is 429 g/mol. The summed E-state index contributed by atoms with van der Waals surface area (Å²) in [6, 6.07) is 6.33. The predicted octanol–water partition coefficient (Wildman–Crippen LogP) is 2.04. The van der Waals surface area contributed by atoms with Crippen LogP contribution in [0.25, 0.3) is 0 Å². The smallest absolute Gasteiger partial charge is 0.320 e. The van der Waals surface area contributed by atoms with Gasteiger partial charge in [0, 0.05) is 58.3 Å². The number of nitrogens with zero attached hydrogens (tertiary/aromatic N) is 4. The zero-order valence-electron chi connectivity index (χ0n) is 17.7. The van der Waals surface area contributed by atoms with Gasteiger partial charge in [0.05, 0.1) is 5.56 Å². The van der Waals surface area contributed by atoms with Crippen LogP contribution in [-0.2, 0) is 4.79 Å². The molecule has 5 rings (SSSR count). The van der Waals surface area contributed by atoms with E-state index in [1.54, 1.807) is 17.0 Å². The first kappa shape index (κ1) is 20.3. The highest BCUT2D eigenvalue weighted by Crippen LogP contribution is 2.38. The molecule has 4 fully saturated rings. The van der Waals surface area contributed by atoms with E-state index < -0.39 is 5.82 Å². The fraction of sp³-hybridized carbons (Fsp3) is 0.609. The fourth-order valence-corrected chi connectivity index (χ4v) is 5.87. The number of rotatable bonds is 1. The number of piperidine rings is 3. The standard InChI is InChI=1S/C23H29FN4O3/c24-19-5-2-1-4-18(19)22(30)25-8-10-26(11-9-25)23(31)27-13-16-12-17(15-27)20-6-3-7-21(29)28(20)14-16/h1-2,4-5,16-17,20H,3,6-15H2/t16?,17?,20-/m1/s1. The van der Waals surface area contributed by atoms with Crippen molar-refractivity contribution >= 4 is 17.8 Å². The summed E-state index contributed by atoms with van der Waals surface area (Å²) in [5, 5.41) is 0. The van der Waals surface area contributed by atoms with Gasteiger partial charge in [-0.15, -0.1) is 0 Å². The van der Waals surface area contributed by atoms with E-state index >= 15 is 0 Å². The van der Waals surface area contributed by atoms with Crippen molar-refractivity contribution in [2.24, 2.45) is 11.8 Å². The summed E-state index contributed by atoms with van der Waals surface area (Å²) in [4.78, 5) is 45.6. The SMILES string of the molecule is O=C(c1ccccc1F)N1CCN(C(=O)N2CC3CC(C2)[C@H]2CCCC(=O)N2C3)CC1. The van der Waals surface area contributed by atoms with Crippen molar-refractivity contribution in [1.82, 2.24) is 19.6 Å². The topological polar surface area (TPSA) is 64.2 Å². The van der Waals surface area contributed by atoms with Crippen molar-refractivity contribution in [1.29, 1.82) is 0 Å². The Bertz CT molecular complexity index is 885. The molecule has 4 saturated heterocycles. The summed E-state index contributed by atoms with van der Waals surface area (Å²) >= 11 is 0. The van der Waals surface area contributed by atoms with Crippen molar-refractivity contribution in [2.75, 3.05) is 45.8 Å². The zero-order chi connectivity index (χ0) is 21.5. The molecule has 166 valence electrons. The van der Waals surface area contributed by atoms with Crippen LogP contribution in [0.2, 0.25) is 0 Å². The van der Waals surface area contributed by atoms with Gasteiger partial charge in [-0.05, 0) is 43.2 Å². The molecule has 2 unspecified atom stereocenters. The van der Waals surface area contributed by atoms with Gasteiger partial charge >= 0.3 is 6.03 Å². The second-order valence-corrected chi connectivity index (χ2v) is 9.31. The Morgan fingerprint density at radius 1 is 0.935 bits per heavy atom. The number of urea groups is 1. The fourth-order valence-electron chi connectivity index (χ4n) is 5.87. The van der Waals surface area contributed by atoms with E-state index in [1.165, 1.54) is 12.1 Å². The zero-order valence-corrected chi connectivity index (χ0v) is 17.7. The van der Waals surface area contributed by atoms with E-state index in [0.29, 0.717) is 57.5 Å². The highest BCUT2D eigenvalue weighted by Gasteiger charge is 2.45. The van der Waals surface area contributed by atoms with Crippen LogP contribution in [0.5, 0.6) is 0 Å². The molecule has 0 spiro atoms. The molecule has 4 aliphatic rings. The lowest BCUT2D eigenvalue weighted by molar-refractivity contribution is -0.144. The van der Waals surface area contributed by atoms with Gasteiger partial charge in [-0.3, -0.25) is 9.59 Å². The average Bonchev–Trinajstić information content (AvgIpc) is 2.79. The number of fused-ring (bicyclic) bond motifs is 4. The molecule has 0 saturated carbocycles. The first-order valence-electron chi connectivity index (χ1n) is 11.4. The molecular formula is C23H29FN4O3. The normalized spacial score (nSPS) is 28.4. The van der Waals surface area contributed by atoms with Crippen LogP contribution in [0.4, 0.5) is 9.18 Å². The summed E-state index contributed by atoms with van der Waals surface area (Å²) in [5.74, 6) is 0.164. The van der Waals surface area contributed by atoms with Crippen molar-refractivity contribution in [3.05, 3.63) is 35.6 Å². The number of carbonyl (C=O) groups is 3. The monoisotopic (exact) mass is 428 g/mol. The lowest BCUT2D eigenvalue weighted by atomic mass is 9.76. The number of hydrogen-bond acceptors (Lipinski definition) is 3. The third-order valence-electron chi connectivity index (χ3n) is 7.39. The van der Waals surface area contributed by atoms with E-state index in [9.17, 15) is 18.8 Å². The van der Waals surface area contributed by atoms with Crippen LogP contribution in [0.3, 0.4) is 0 Å². The third-order valence-corrected chi connectivity index (χ3v) is 7.39. The first-order valence-corrected chi connectivity index (χ1v) is 11.4. The molecule has 1 aromatic carbocycles. The number of likely N-dealkylation sites (tertiary alicyclic amines) is 1. The van der Waals surface area contributed by atoms with Crippen LogP contribution in [-0.4, -0.2) is 89.3 Å². The molecule has 8 heteroatoms. The molecular weight excluding hydrogens is 399 g/mol. The lowest BCUT2D eigenvalue weighted by Crippen LogP contribution is -2.63. The Balaban J connectivity index is 1.19. The quantitative estimate of drug-likeness (QED) is 0.688. The Labute approximate surface area is 181 Å². The second kappa shape index (κ2) is 8.13. The number of benzene rings is 1. The molecule has 4 amide bonds. The Kier molecular flexibility index (Phi) is 5.32. The number of amides is 4. The Morgan fingerprint density at radius 2 is 1.68 bits per heavy atom. The van der Waals surface area contributed by atoms with Gasteiger partial charge < -0.3 is 19.6 Å². The second-order valence-electron chi connectivity index (χ2n) is 9.31. The van der Waals surface area contributed by atoms with Gasteiger partial charge in [-0.25, -0.2) is 9.18 Å². The van der Waals surface area contributed by atoms with Gasteiger partial charge in [-0.1, -0.05) is 12.1 Å². The minimum absolute atomic E-state index is 0.0308. The van der Waals surface area contributed by atoms with Gasteiger partial charge in [0.15, 0.2) is 0 Å². The van der Waals surface area contributed by atoms with Crippen molar-refractivity contribution in [3.8, 4) is 0 Å².